The maximum absolute atomic E-state index is 11.0. The van der Waals surface area contributed by atoms with Gasteiger partial charge in [-0.2, -0.15) is 0 Å². The van der Waals surface area contributed by atoms with Crippen LogP contribution in [0.4, 0.5) is 4.79 Å². The molecule has 4 heteroatoms. The van der Waals surface area contributed by atoms with Crippen molar-refractivity contribution in [3.63, 3.8) is 0 Å². The topological polar surface area (TPSA) is 52.6 Å². The first-order valence-electron chi connectivity index (χ1n) is 4.30. The van der Waals surface area contributed by atoms with E-state index in [-0.39, 0.29) is 17.9 Å². The molecule has 0 N–H and O–H groups in total. The summed E-state index contributed by atoms with van der Waals surface area (Å²) in [6.45, 7) is 0. The average Bonchev–Trinajstić information content (AvgIpc) is 2.72. The van der Waals surface area contributed by atoms with Gasteiger partial charge >= 0.3 is 6.16 Å². The fourth-order valence-electron chi connectivity index (χ4n) is 2.60. The van der Waals surface area contributed by atoms with E-state index in [9.17, 15) is 9.59 Å². The second-order valence-electron chi connectivity index (χ2n) is 3.75. The van der Waals surface area contributed by atoms with Crippen molar-refractivity contribution >= 4 is 12.4 Å². The van der Waals surface area contributed by atoms with Crippen LogP contribution in [0.1, 0.15) is 6.42 Å². The van der Waals surface area contributed by atoms with Crippen LogP contribution in [0.2, 0.25) is 0 Å². The second-order valence-corrected chi connectivity index (χ2v) is 3.75. The fraction of sp³-hybridized carbons (Fsp3) is 0.556. The highest BCUT2D eigenvalue weighted by Crippen LogP contribution is 2.52. The Morgan fingerprint density at radius 1 is 1.54 bits per heavy atom. The van der Waals surface area contributed by atoms with Crippen molar-refractivity contribution in [2.45, 2.75) is 18.1 Å². The molecule has 68 valence electrons. The first-order chi connectivity index (χ1) is 6.26. The van der Waals surface area contributed by atoms with Gasteiger partial charge in [-0.1, -0.05) is 12.2 Å². The molecular formula is C9H8O4. The van der Waals surface area contributed by atoms with Crippen LogP contribution in [0.3, 0.4) is 0 Å². The summed E-state index contributed by atoms with van der Waals surface area (Å²) in [4.78, 5) is 21.9. The van der Waals surface area contributed by atoms with Gasteiger partial charge in [-0.05, 0) is 6.42 Å². The van der Waals surface area contributed by atoms with E-state index in [0.29, 0.717) is 0 Å². The molecule has 1 saturated heterocycles. The molecule has 0 radical (unpaired) electrons. The van der Waals surface area contributed by atoms with Gasteiger partial charge in [0.15, 0.2) is 12.4 Å². The van der Waals surface area contributed by atoms with Gasteiger partial charge in [-0.25, -0.2) is 4.79 Å². The zero-order valence-corrected chi connectivity index (χ0v) is 6.80. The Hall–Kier alpha value is -1.32. The minimum atomic E-state index is -1.00. The molecule has 3 rings (SSSR count). The van der Waals surface area contributed by atoms with E-state index in [1.807, 2.05) is 12.2 Å². The number of ether oxygens (including phenoxy) is 2. The summed E-state index contributed by atoms with van der Waals surface area (Å²) < 4.78 is 9.95. The summed E-state index contributed by atoms with van der Waals surface area (Å²) in [6, 6.07) is 0. The van der Waals surface area contributed by atoms with E-state index >= 15 is 0 Å². The standard InChI is InChI=1S/C9H8O4/c10-4-9-6-2-1-5(3-6)7(9)12-8(11)13-9/h1-2,4-7H,3H2. The van der Waals surface area contributed by atoms with Crippen LogP contribution in [-0.2, 0) is 14.3 Å². The van der Waals surface area contributed by atoms with Gasteiger partial charge in [0, 0.05) is 11.8 Å². The van der Waals surface area contributed by atoms with Crippen LogP contribution in [0.5, 0.6) is 0 Å². The van der Waals surface area contributed by atoms with Crippen LogP contribution in [-0.4, -0.2) is 24.1 Å². The number of hydrogen-bond donors (Lipinski definition) is 0. The molecular weight excluding hydrogens is 172 g/mol. The number of carbonyl (C=O) groups excluding carboxylic acids is 2. The lowest BCUT2D eigenvalue weighted by atomic mass is 9.87. The van der Waals surface area contributed by atoms with Gasteiger partial charge in [0.25, 0.3) is 0 Å². The number of rotatable bonds is 1. The Bertz CT molecular complexity index is 322. The molecule has 2 fully saturated rings. The Labute approximate surface area is 74.5 Å². The highest BCUT2D eigenvalue weighted by molar-refractivity contribution is 5.77. The van der Waals surface area contributed by atoms with Crippen LogP contribution >= 0.6 is 0 Å². The number of fused-ring (bicyclic) bond motifs is 5. The lowest BCUT2D eigenvalue weighted by Crippen LogP contribution is -2.44. The molecule has 3 aliphatic rings. The number of hydrogen-bond acceptors (Lipinski definition) is 4. The van der Waals surface area contributed by atoms with Crippen LogP contribution in [0.15, 0.2) is 12.2 Å². The average molecular weight is 180 g/mol. The Kier molecular flexibility index (Phi) is 1.07. The quantitative estimate of drug-likeness (QED) is 0.338. The maximum Gasteiger partial charge on any atom is 0.509 e. The summed E-state index contributed by atoms with van der Waals surface area (Å²) in [5, 5.41) is 0. The minimum Gasteiger partial charge on any atom is -0.426 e. The SMILES string of the molecule is O=CC12OC(=O)OC1C1C=CC2C1. The highest BCUT2D eigenvalue weighted by atomic mass is 16.8. The molecule has 1 aliphatic heterocycles. The molecule has 0 aromatic heterocycles. The Morgan fingerprint density at radius 2 is 2.38 bits per heavy atom. The highest BCUT2D eigenvalue weighted by Gasteiger charge is 2.65. The van der Waals surface area contributed by atoms with Crippen LogP contribution in [0, 0.1) is 11.8 Å². The van der Waals surface area contributed by atoms with E-state index in [0.717, 1.165) is 12.7 Å². The molecule has 0 aromatic rings. The molecule has 0 amide bonds. The number of aldehydes is 1. The first-order valence-corrected chi connectivity index (χ1v) is 4.30. The normalized spacial score (nSPS) is 50.2. The summed E-state index contributed by atoms with van der Waals surface area (Å²) in [5.74, 6) is 0.188. The monoisotopic (exact) mass is 180 g/mol. The van der Waals surface area contributed by atoms with Gasteiger partial charge in [0.2, 0.25) is 5.60 Å². The molecule has 2 bridgehead atoms. The van der Waals surface area contributed by atoms with E-state index in [4.69, 9.17) is 9.47 Å². The molecule has 0 aromatic carbocycles. The van der Waals surface area contributed by atoms with Gasteiger partial charge in [0.1, 0.15) is 0 Å². The van der Waals surface area contributed by atoms with E-state index in [1.165, 1.54) is 0 Å². The molecule has 0 spiro atoms. The van der Waals surface area contributed by atoms with Crippen molar-refractivity contribution in [1.82, 2.24) is 0 Å². The van der Waals surface area contributed by atoms with E-state index < -0.39 is 11.8 Å². The van der Waals surface area contributed by atoms with Gasteiger partial charge in [0.05, 0.1) is 0 Å². The fourth-order valence-corrected chi connectivity index (χ4v) is 2.60. The Balaban J connectivity index is 2.09. The smallest absolute Gasteiger partial charge is 0.426 e. The lowest BCUT2D eigenvalue weighted by molar-refractivity contribution is -0.125. The Morgan fingerprint density at radius 3 is 3.08 bits per heavy atom. The van der Waals surface area contributed by atoms with Crippen molar-refractivity contribution in [2.75, 3.05) is 0 Å². The minimum absolute atomic E-state index is 0.0199. The maximum atomic E-state index is 11.0. The predicted molar refractivity (Wildman–Crippen MR) is 40.9 cm³/mol. The summed E-state index contributed by atoms with van der Waals surface area (Å²) >= 11 is 0. The molecule has 1 saturated carbocycles. The second kappa shape index (κ2) is 1.95. The zero-order valence-electron chi connectivity index (χ0n) is 6.80. The van der Waals surface area contributed by atoms with Crippen molar-refractivity contribution < 1.29 is 19.1 Å². The van der Waals surface area contributed by atoms with Gasteiger partial charge < -0.3 is 9.47 Å². The van der Waals surface area contributed by atoms with E-state index in [1.54, 1.807) is 0 Å². The predicted octanol–water partition coefficient (Wildman–Crippen LogP) is 0.665. The lowest BCUT2D eigenvalue weighted by Gasteiger charge is -2.25. The zero-order chi connectivity index (χ0) is 9.05. The van der Waals surface area contributed by atoms with Crippen molar-refractivity contribution in [1.29, 1.82) is 0 Å². The third kappa shape index (κ3) is 0.632. The van der Waals surface area contributed by atoms with Crippen molar-refractivity contribution in [3.8, 4) is 0 Å². The van der Waals surface area contributed by atoms with E-state index in [2.05, 4.69) is 0 Å². The summed E-state index contributed by atoms with van der Waals surface area (Å²) in [5.41, 5.74) is -1.00. The van der Waals surface area contributed by atoms with Gasteiger partial charge in [-0.15, -0.1) is 0 Å². The first kappa shape index (κ1) is 7.12. The molecule has 4 atom stereocenters. The number of carbonyl (C=O) groups is 2. The van der Waals surface area contributed by atoms with Crippen molar-refractivity contribution in [3.05, 3.63) is 12.2 Å². The molecule has 1 heterocycles. The van der Waals surface area contributed by atoms with Crippen LogP contribution < -0.4 is 0 Å². The third-order valence-corrected chi connectivity index (χ3v) is 3.20. The third-order valence-electron chi connectivity index (χ3n) is 3.20. The van der Waals surface area contributed by atoms with Gasteiger partial charge in [-0.3, -0.25) is 4.79 Å². The largest absolute Gasteiger partial charge is 0.509 e. The molecule has 2 aliphatic carbocycles. The van der Waals surface area contributed by atoms with Crippen molar-refractivity contribution in [2.24, 2.45) is 11.8 Å². The van der Waals surface area contributed by atoms with Crippen LogP contribution in [0.25, 0.3) is 0 Å². The summed E-state index contributed by atoms with van der Waals surface area (Å²) in [7, 11) is 0. The molecule has 13 heavy (non-hydrogen) atoms. The summed E-state index contributed by atoms with van der Waals surface area (Å²) in [6.07, 6.45) is 4.42. The molecule has 4 nitrogen and oxygen atoms in total. The molecule has 4 unspecified atom stereocenters.